The van der Waals surface area contributed by atoms with Gasteiger partial charge >= 0.3 is 5.97 Å². The molecule has 0 saturated heterocycles. The molecule has 0 bridgehead atoms. The van der Waals surface area contributed by atoms with Crippen molar-refractivity contribution in [2.45, 2.75) is 52.7 Å². The molecule has 1 atom stereocenters. The minimum absolute atomic E-state index is 0.0110. The third kappa shape index (κ3) is 6.16. The van der Waals surface area contributed by atoms with Gasteiger partial charge in [-0.25, -0.2) is 4.79 Å². The van der Waals surface area contributed by atoms with Gasteiger partial charge in [-0.2, -0.15) is 0 Å². The van der Waals surface area contributed by atoms with Crippen molar-refractivity contribution in [1.29, 1.82) is 0 Å². The van der Waals surface area contributed by atoms with Gasteiger partial charge in [0.1, 0.15) is 11.8 Å². The second-order valence-corrected chi connectivity index (χ2v) is 6.04. The standard InChI is InChI=1S/C17H25NO4/c1-11(2)9-14(17(20)21)18-16(19)10-13-7-5-6-8-15(13)22-12(3)4/h5-8,11-12,14H,9-10H2,1-4H3,(H,18,19)(H,20,21)/t14-/m0/s1. The van der Waals surface area contributed by atoms with Crippen LogP contribution in [0.4, 0.5) is 0 Å². The number of carbonyl (C=O) groups is 2. The van der Waals surface area contributed by atoms with Gasteiger partial charge < -0.3 is 15.2 Å². The Kier molecular flexibility index (Phi) is 6.89. The first-order valence-corrected chi connectivity index (χ1v) is 7.56. The summed E-state index contributed by atoms with van der Waals surface area (Å²) < 4.78 is 5.67. The van der Waals surface area contributed by atoms with Crippen LogP contribution in [0, 0.1) is 5.92 Å². The normalized spacial score (nSPS) is 12.3. The number of carbonyl (C=O) groups excluding carboxylic acids is 1. The van der Waals surface area contributed by atoms with Crippen LogP contribution in [0.25, 0.3) is 0 Å². The smallest absolute Gasteiger partial charge is 0.326 e. The Hall–Kier alpha value is -2.04. The van der Waals surface area contributed by atoms with Crippen LogP contribution in [0.1, 0.15) is 39.7 Å². The molecule has 1 aromatic carbocycles. The van der Waals surface area contributed by atoms with E-state index in [0.29, 0.717) is 12.2 Å². The number of aliphatic carboxylic acids is 1. The zero-order chi connectivity index (χ0) is 16.7. The zero-order valence-corrected chi connectivity index (χ0v) is 13.6. The maximum Gasteiger partial charge on any atom is 0.326 e. The van der Waals surface area contributed by atoms with Crippen LogP contribution in [0.2, 0.25) is 0 Å². The number of benzene rings is 1. The highest BCUT2D eigenvalue weighted by Crippen LogP contribution is 2.20. The van der Waals surface area contributed by atoms with E-state index in [2.05, 4.69) is 5.32 Å². The molecule has 5 nitrogen and oxygen atoms in total. The lowest BCUT2D eigenvalue weighted by Gasteiger charge is -2.18. The highest BCUT2D eigenvalue weighted by molar-refractivity contribution is 5.85. The second-order valence-electron chi connectivity index (χ2n) is 6.04. The highest BCUT2D eigenvalue weighted by atomic mass is 16.5. The number of rotatable bonds is 8. The van der Waals surface area contributed by atoms with Gasteiger partial charge in [-0.3, -0.25) is 4.79 Å². The summed E-state index contributed by atoms with van der Waals surface area (Å²) >= 11 is 0. The molecular weight excluding hydrogens is 282 g/mol. The van der Waals surface area contributed by atoms with Crippen LogP contribution < -0.4 is 10.1 Å². The number of hydrogen-bond acceptors (Lipinski definition) is 3. The molecule has 0 unspecified atom stereocenters. The Morgan fingerprint density at radius 1 is 1.18 bits per heavy atom. The molecule has 0 fully saturated rings. The predicted octanol–water partition coefficient (Wildman–Crippen LogP) is 2.63. The minimum Gasteiger partial charge on any atom is -0.491 e. The van der Waals surface area contributed by atoms with Gasteiger partial charge in [-0.1, -0.05) is 32.0 Å². The maximum atomic E-state index is 12.1. The highest BCUT2D eigenvalue weighted by Gasteiger charge is 2.21. The molecule has 5 heteroatoms. The molecule has 0 aromatic heterocycles. The second kappa shape index (κ2) is 8.41. The Bertz CT molecular complexity index is 511. The molecular formula is C17H25NO4. The van der Waals surface area contributed by atoms with Crippen molar-refractivity contribution < 1.29 is 19.4 Å². The van der Waals surface area contributed by atoms with Crippen molar-refractivity contribution in [3.63, 3.8) is 0 Å². The summed E-state index contributed by atoms with van der Waals surface area (Å²) in [6.45, 7) is 7.68. The van der Waals surface area contributed by atoms with E-state index >= 15 is 0 Å². The van der Waals surface area contributed by atoms with E-state index in [1.54, 1.807) is 0 Å². The van der Waals surface area contributed by atoms with E-state index in [9.17, 15) is 14.7 Å². The number of hydrogen-bond donors (Lipinski definition) is 2. The van der Waals surface area contributed by atoms with Gasteiger partial charge in [-0.15, -0.1) is 0 Å². The van der Waals surface area contributed by atoms with Gasteiger partial charge in [0.15, 0.2) is 0 Å². The van der Waals surface area contributed by atoms with E-state index in [4.69, 9.17) is 4.74 Å². The Morgan fingerprint density at radius 2 is 1.82 bits per heavy atom. The summed E-state index contributed by atoms with van der Waals surface area (Å²) in [4.78, 5) is 23.3. The number of carboxylic acids is 1. The van der Waals surface area contributed by atoms with Crippen LogP contribution in [-0.4, -0.2) is 29.1 Å². The predicted molar refractivity (Wildman–Crippen MR) is 84.9 cm³/mol. The monoisotopic (exact) mass is 307 g/mol. The fourth-order valence-electron chi connectivity index (χ4n) is 2.13. The molecule has 0 aliphatic carbocycles. The van der Waals surface area contributed by atoms with E-state index in [-0.39, 0.29) is 24.3 Å². The van der Waals surface area contributed by atoms with Crippen molar-refractivity contribution in [1.82, 2.24) is 5.32 Å². The molecule has 122 valence electrons. The van der Waals surface area contributed by atoms with Crippen LogP contribution in [0.15, 0.2) is 24.3 Å². The summed E-state index contributed by atoms with van der Waals surface area (Å²) in [7, 11) is 0. The van der Waals surface area contributed by atoms with E-state index in [1.165, 1.54) is 0 Å². The summed E-state index contributed by atoms with van der Waals surface area (Å²) in [5.41, 5.74) is 0.752. The topological polar surface area (TPSA) is 75.6 Å². The Labute approximate surface area is 131 Å². The van der Waals surface area contributed by atoms with Gasteiger partial charge in [0.2, 0.25) is 5.91 Å². The summed E-state index contributed by atoms with van der Waals surface area (Å²) in [5.74, 6) is -0.469. The van der Waals surface area contributed by atoms with Gasteiger partial charge in [0.25, 0.3) is 0 Å². The van der Waals surface area contributed by atoms with Crippen molar-refractivity contribution in [2.75, 3.05) is 0 Å². The van der Waals surface area contributed by atoms with E-state index in [0.717, 1.165) is 5.56 Å². The van der Waals surface area contributed by atoms with Gasteiger partial charge in [-0.05, 0) is 32.3 Å². The van der Waals surface area contributed by atoms with Crippen LogP contribution >= 0.6 is 0 Å². The first-order valence-electron chi connectivity index (χ1n) is 7.56. The maximum absolute atomic E-state index is 12.1. The largest absolute Gasteiger partial charge is 0.491 e. The molecule has 0 aliphatic rings. The molecule has 0 saturated carbocycles. The summed E-state index contributed by atoms with van der Waals surface area (Å²) in [5, 5.41) is 11.8. The molecule has 0 aliphatic heterocycles. The number of nitrogens with one attached hydrogen (secondary N) is 1. The van der Waals surface area contributed by atoms with Crippen LogP contribution in [0.5, 0.6) is 5.75 Å². The Morgan fingerprint density at radius 3 is 2.36 bits per heavy atom. The van der Waals surface area contributed by atoms with Crippen LogP contribution in [0.3, 0.4) is 0 Å². The summed E-state index contributed by atoms with van der Waals surface area (Å²) in [6, 6.07) is 6.45. The molecule has 0 heterocycles. The molecule has 0 spiro atoms. The van der Waals surface area contributed by atoms with Crippen molar-refractivity contribution in [3.8, 4) is 5.75 Å². The lowest BCUT2D eigenvalue weighted by molar-refractivity contribution is -0.142. The molecule has 0 radical (unpaired) electrons. The molecule has 1 rings (SSSR count). The summed E-state index contributed by atoms with van der Waals surface area (Å²) in [6.07, 6.45) is 0.521. The third-order valence-electron chi connectivity index (χ3n) is 3.03. The SMILES string of the molecule is CC(C)C[C@H](NC(=O)Cc1ccccc1OC(C)C)C(=O)O. The zero-order valence-electron chi connectivity index (χ0n) is 13.6. The number of ether oxygens (including phenoxy) is 1. The third-order valence-corrected chi connectivity index (χ3v) is 3.03. The quantitative estimate of drug-likeness (QED) is 0.774. The van der Waals surface area contributed by atoms with Crippen molar-refractivity contribution >= 4 is 11.9 Å². The molecule has 1 aromatic rings. The van der Waals surface area contributed by atoms with E-state index in [1.807, 2.05) is 52.0 Å². The molecule has 1 amide bonds. The van der Waals surface area contributed by atoms with E-state index < -0.39 is 12.0 Å². The first kappa shape index (κ1) is 18.0. The molecule has 2 N–H and O–H groups in total. The van der Waals surface area contributed by atoms with Crippen molar-refractivity contribution in [2.24, 2.45) is 5.92 Å². The average molecular weight is 307 g/mol. The number of amides is 1. The number of carboxylic acid groups (broad SMARTS) is 1. The van der Waals surface area contributed by atoms with Gasteiger partial charge in [0.05, 0.1) is 12.5 Å². The fourth-order valence-corrected chi connectivity index (χ4v) is 2.13. The van der Waals surface area contributed by atoms with Crippen molar-refractivity contribution in [3.05, 3.63) is 29.8 Å². The Balaban J connectivity index is 2.73. The fraction of sp³-hybridized carbons (Fsp3) is 0.529. The lowest BCUT2D eigenvalue weighted by atomic mass is 10.0. The first-order chi connectivity index (χ1) is 10.3. The van der Waals surface area contributed by atoms with Crippen LogP contribution in [-0.2, 0) is 16.0 Å². The lowest BCUT2D eigenvalue weighted by Crippen LogP contribution is -2.42. The molecule has 22 heavy (non-hydrogen) atoms. The average Bonchev–Trinajstić information content (AvgIpc) is 2.39. The number of para-hydroxylation sites is 1. The minimum atomic E-state index is -1.01. The van der Waals surface area contributed by atoms with Gasteiger partial charge in [0, 0.05) is 5.56 Å².